The first-order valence-electron chi connectivity index (χ1n) is 7.43. The average Bonchev–Trinajstić information content (AvgIpc) is 2.68. The largest absolute Gasteiger partial charge is 0.497 e. The molecular formula is C16H22N2O4. The summed E-state index contributed by atoms with van der Waals surface area (Å²) in [7, 11) is 1.62. The second-order valence-electron chi connectivity index (χ2n) is 5.44. The average molecular weight is 306 g/mol. The fraction of sp³-hybridized carbons (Fsp3) is 0.500. The van der Waals surface area contributed by atoms with E-state index in [1.807, 2.05) is 34.1 Å². The summed E-state index contributed by atoms with van der Waals surface area (Å²) >= 11 is 0. The second-order valence-corrected chi connectivity index (χ2v) is 5.44. The van der Waals surface area contributed by atoms with E-state index in [4.69, 9.17) is 9.84 Å². The van der Waals surface area contributed by atoms with Crippen molar-refractivity contribution in [3.8, 4) is 5.75 Å². The summed E-state index contributed by atoms with van der Waals surface area (Å²) in [5.74, 6) is 0.0243. The van der Waals surface area contributed by atoms with Gasteiger partial charge in [0.25, 0.3) is 0 Å². The van der Waals surface area contributed by atoms with Crippen molar-refractivity contribution in [2.75, 3.05) is 33.3 Å². The zero-order valence-electron chi connectivity index (χ0n) is 12.8. The molecule has 2 rings (SSSR count). The smallest absolute Gasteiger partial charge is 0.304 e. The van der Waals surface area contributed by atoms with E-state index in [1.54, 1.807) is 7.11 Å². The van der Waals surface area contributed by atoms with Crippen molar-refractivity contribution < 1.29 is 19.4 Å². The van der Waals surface area contributed by atoms with Crippen LogP contribution in [0, 0.1) is 0 Å². The molecule has 1 aromatic rings. The van der Waals surface area contributed by atoms with Gasteiger partial charge in [-0.3, -0.25) is 14.5 Å². The van der Waals surface area contributed by atoms with Crippen LogP contribution in [0.25, 0.3) is 0 Å². The number of rotatable bonds is 6. The summed E-state index contributed by atoms with van der Waals surface area (Å²) in [5.41, 5.74) is 1.06. The Balaban J connectivity index is 1.91. The molecule has 1 aliphatic heterocycles. The van der Waals surface area contributed by atoms with Crippen molar-refractivity contribution in [3.63, 3.8) is 0 Å². The molecule has 0 atom stereocenters. The first kappa shape index (κ1) is 16.3. The van der Waals surface area contributed by atoms with Crippen LogP contribution in [0.2, 0.25) is 0 Å². The topological polar surface area (TPSA) is 70.1 Å². The van der Waals surface area contributed by atoms with Gasteiger partial charge >= 0.3 is 5.97 Å². The number of ether oxygens (including phenoxy) is 1. The lowest BCUT2D eigenvalue weighted by atomic mass is 10.2. The highest BCUT2D eigenvalue weighted by Gasteiger charge is 2.22. The van der Waals surface area contributed by atoms with Crippen molar-refractivity contribution in [2.24, 2.45) is 0 Å². The van der Waals surface area contributed by atoms with Gasteiger partial charge in [-0.25, -0.2) is 0 Å². The Morgan fingerprint density at radius 2 is 2.00 bits per heavy atom. The van der Waals surface area contributed by atoms with Gasteiger partial charge < -0.3 is 14.7 Å². The minimum atomic E-state index is -0.827. The predicted molar refractivity (Wildman–Crippen MR) is 81.7 cm³/mol. The summed E-state index contributed by atoms with van der Waals surface area (Å²) in [5, 5.41) is 8.74. The highest BCUT2D eigenvalue weighted by atomic mass is 16.5. The van der Waals surface area contributed by atoms with Gasteiger partial charge in [-0.15, -0.1) is 0 Å². The van der Waals surface area contributed by atoms with Crippen LogP contribution in [-0.2, 0) is 16.1 Å². The fourth-order valence-electron chi connectivity index (χ4n) is 2.54. The fourth-order valence-corrected chi connectivity index (χ4v) is 2.54. The van der Waals surface area contributed by atoms with E-state index in [0.29, 0.717) is 26.2 Å². The van der Waals surface area contributed by atoms with Crippen molar-refractivity contribution in [2.45, 2.75) is 19.4 Å². The Hall–Kier alpha value is -2.08. The van der Waals surface area contributed by atoms with Crippen LogP contribution in [0.1, 0.15) is 18.4 Å². The van der Waals surface area contributed by atoms with Crippen molar-refractivity contribution in [1.82, 2.24) is 9.80 Å². The number of carboxylic acids is 1. The highest BCUT2D eigenvalue weighted by molar-refractivity contribution is 5.78. The number of carbonyl (C=O) groups is 2. The van der Waals surface area contributed by atoms with E-state index in [0.717, 1.165) is 24.3 Å². The minimum Gasteiger partial charge on any atom is -0.497 e. The molecular weight excluding hydrogens is 284 g/mol. The molecule has 0 radical (unpaired) electrons. The molecule has 0 aliphatic carbocycles. The zero-order valence-corrected chi connectivity index (χ0v) is 12.8. The van der Waals surface area contributed by atoms with E-state index >= 15 is 0 Å². The Labute approximate surface area is 130 Å². The third kappa shape index (κ3) is 4.73. The molecule has 6 heteroatoms. The van der Waals surface area contributed by atoms with E-state index in [-0.39, 0.29) is 12.3 Å². The van der Waals surface area contributed by atoms with Crippen LogP contribution in [0.5, 0.6) is 5.75 Å². The van der Waals surface area contributed by atoms with E-state index in [2.05, 4.69) is 0 Å². The van der Waals surface area contributed by atoms with Gasteiger partial charge in [0.2, 0.25) is 5.91 Å². The van der Waals surface area contributed by atoms with Gasteiger partial charge in [0.15, 0.2) is 0 Å². The SMILES string of the molecule is COc1ccc(CN2CCCN(CCC(=O)O)CC2=O)cc1. The Morgan fingerprint density at radius 1 is 1.27 bits per heavy atom. The summed E-state index contributed by atoms with van der Waals surface area (Å²) < 4.78 is 5.13. The molecule has 6 nitrogen and oxygen atoms in total. The monoisotopic (exact) mass is 306 g/mol. The molecule has 120 valence electrons. The molecule has 1 heterocycles. The summed E-state index contributed by atoms with van der Waals surface area (Å²) in [6, 6.07) is 7.69. The van der Waals surface area contributed by atoms with Gasteiger partial charge in [0.1, 0.15) is 5.75 Å². The van der Waals surface area contributed by atoms with Gasteiger partial charge in [0.05, 0.1) is 20.1 Å². The molecule has 1 amide bonds. The van der Waals surface area contributed by atoms with Gasteiger partial charge in [0, 0.05) is 26.2 Å². The first-order valence-corrected chi connectivity index (χ1v) is 7.43. The number of benzene rings is 1. The Morgan fingerprint density at radius 3 is 2.64 bits per heavy atom. The lowest BCUT2D eigenvalue weighted by Gasteiger charge is -2.21. The molecule has 1 N–H and O–H groups in total. The first-order chi connectivity index (χ1) is 10.6. The lowest BCUT2D eigenvalue weighted by molar-refractivity contribution is -0.138. The molecule has 0 bridgehead atoms. The van der Waals surface area contributed by atoms with Gasteiger partial charge in [-0.05, 0) is 24.1 Å². The second kappa shape index (κ2) is 7.79. The predicted octanol–water partition coefficient (Wildman–Crippen LogP) is 1.20. The number of carbonyl (C=O) groups excluding carboxylic acids is 1. The van der Waals surface area contributed by atoms with Crippen LogP contribution < -0.4 is 4.74 Å². The Bertz CT molecular complexity index is 515. The molecule has 1 fully saturated rings. The summed E-state index contributed by atoms with van der Waals surface area (Å²) in [6.45, 7) is 2.77. The standard InChI is InChI=1S/C16H22N2O4/c1-22-14-5-3-13(4-6-14)11-18-9-2-8-17(12-15(18)19)10-7-16(20)21/h3-6H,2,7-12H2,1H3,(H,20,21). The number of hydrogen-bond acceptors (Lipinski definition) is 4. The van der Waals surface area contributed by atoms with Crippen LogP contribution in [0.4, 0.5) is 0 Å². The molecule has 22 heavy (non-hydrogen) atoms. The van der Waals surface area contributed by atoms with E-state index in [9.17, 15) is 9.59 Å². The molecule has 0 saturated carbocycles. The van der Waals surface area contributed by atoms with Gasteiger partial charge in [-0.1, -0.05) is 12.1 Å². The normalized spacial score (nSPS) is 16.4. The number of carboxylic acid groups (broad SMARTS) is 1. The third-order valence-corrected chi connectivity index (χ3v) is 3.79. The lowest BCUT2D eigenvalue weighted by Crippen LogP contribution is -2.37. The third-order valence-electron chi connectivity index (χ3n) is 3.79. The van der Waals surface area contributed by atoms with Crippen LogP contribution in [0.15, 0.2) is 24.3 Å². The maximum absolute atomic E-state index is 12.3. The number of methoxy groups -OCH3 is 1. The maximum Gasteiger partial charge on any atom is 0.304 e. The molecule has 1 aliphatic rings. The van der Waals surface area contributed by atoms with Crippen LogP contribution in [0.3, 0.4) is 0 Å². The number of nitrogens with zero attached hydrogens (tertiary/aromatic N) is 2. The molecule has 0 aromatic heterocycles. The number of aliphatic carboxylic acids is 1. The quantitative estimate of drug-likeness (QED) is 0.855. The van der Waals surface area contributed by atoms with E-state index < -0.39 is 5.97 Å². The Kier molecular flexibility index (Phi) is 5.77. The van der Waals surface area contributed by atoms with E-state index in [1.165, 1.54) is 0 Å². The molecule has 0 unspecified atom stereocenters. The minimum absolute atomic E-state index is 0.0544. The zero-order chi connectivity index (χ0) is 15.9. The number of hydrogen-bond donors (Lipinski definition) is 1. The highest BCUT2D eigenvalue weighted by Crippen LogP contribution is 2.14. The number of amides is 1. The summed E-state index contributed by atoms with van der Waals surface area (Å²) in [4.78, 5) is 26.7. The van der Waals surface area contributed by atoms with Crippen LogP contribution in [-0.4, -0.2) is 60.1 Å². The molecule has 1 saturated heterocycles. The molecule has 1 aromatic carbocycles. The maximum atomic E-state index is 12.3. The van der Waals surface area contributed by atoms with Crippen molar-refractivity contribution in [1.29, 1.82) is 0 Å². The van der Waals surface area contributed by atoms with Crippen molar-refractivity contribution in [3.05, 3.63) is 29.8 Å². The summed E-state index contributed by atoms with van der Waals surface area (Å²) in [6.07, 6.45) is 0.938. The molecule has 0 spiro atoms. The van der Waals surface area contributed by atoms with Crippen molar-refractivity contribution >= 4 is 11.9 Å². The van der Waals surface area contributed by atoms with Gasteiger partial charge in [-0.2, -0.15) is 0 Å². The van der Waals surface area contributed by atoms with Crippen LogP contribution >= 0.6 is 0 Å².